The molecule has 3 rings (SSSR count). The third kappa shape index (κ3) is 2.89. The Morgan fingerprint density at radius 3 is 2.40 bits per heavy atom. The minimum absolute atomic E-state index is 0.0526. The zero-order valence-corrected chi connectivity index (χ0v) is 13.8. The number of aliphatic hydroxyl groups excluding tert-OH is 1. The van der Waals surface area contributed by atoms with E-state index in [-0.39, 0.29) is 12.1 Å². The highest BCUT2D eigenvalue weighted by Crippen LogP contribution is 2.33. The normalized spacial score (nSPS) is 21.3. The lowest BCUT2D eigenvalue weighted by molar-refractivity contribution is -0.132. The summed E-state index contributed by atoms with van der Waals surface area (Å²) in [5.74, 6) is -1.02. The summed E-state index contributed by atoms with van der Waals surface area (Å²) in [7, 11) is 0. The van der Waals surface area contributed by atoms with Crippen LogP contribution < -0.4 is 5.32 Å². The van der Waals surface area contributed by atoms with Gasteiger partial charge in [0.15, 0.2) is 0 Å². The smallest absolute Gasteiger partial charge is 0.325 e. The molecule has 0 spiro atoms. The summed E-state index contributed by atoms with van der Waals surface area (Å²) in [5, 5.41) is 13.0. The van der Waals surface area contributed by atoms with Crippen molar-refractivity contribution in [2.45, 2.75) is 25.0 Å². The lowest BCUT2D eigenvalue weighted by Crippen LogP contribution is -2.43. The molecule has 1 heterocycles. The fourth-order valence-corrected chi connectivity index (χ4v) is 3.17. The van der Waals surface area contributed by atoms with Gasteiger partial charge in [-0.3, -0.25) is 9.69 Å². The van der Waals surface area contributed by atoms with Crippen LogP contribution in [0.25, 0.3) is 0 Å². The van der Waals surface area contributed by atoms with E-state index in [1.807, 2.05) is 13.0 Å². The maximum Gasteiger partial charge on any atom is 0.325 e. The van der Waals surface area contributed by atoms with Crippen LogP contribution in [0.4, 0.5) is 9.18 Å². The molecule has 1 aliphatic heterocycles. The summed E-state index contributed by atoms with van der Waals surface area (Å²) in [5.41, 5.74) is -0.427. The number of imide groups is 1. The number of rotatable bonds is 5. The van der Waals surface area contributed by atoms with Gasteiger partial charge in [0.05, 0.1) is 12.6 Å². The Bertz CT molecular complexity index is 796. The molecule has 1 fully saturated rings. The summed E-state index contributed by atoms with van der Waals surface area (Å²) in [6.07, 6.45) is -0.923. The van der Waals surface area contributed by atoms with Crippen LogP contribution in [-0.4, -0.2) is 28.5 Å². The monoisotopic (exact) mass is 342 g/mol. The molecule has 0 radical (unpaired) electrons. The first kappa shape index (κ1) is 17.1. The van der Waals surface area contributed by atoms with Crippen molar-refractivity contribution in [3.05, 3.63) is 71.5 Å². The second-order valence-electron chi connectivity index (χ2n) is 6.01. The average Bonchev–Trinajstić information content (AvgIpc) is 2.88. The number of hydrogen-bond donors (Lipinski definition) is 2. The van der Waals surface area contributed by atoms with E-state index in [2.05, 4.69) is 5.32 Å². The molecular weight excluding hydrogens is 323 g/mol. The van der Waals surface area contributed by atoms with E-state index >= 15 is 0 Å². The Morgan fingerprint density at radius 2 is 1.76 bits per heavy atom. The highest BCUT2D eigenvalue weighted by molar-refractivity contribution is 6.07. The van der Waals surface area contributed by atoms with Crippen LogP contribution in [0.15, 0.2) is 54.6 Å². The van der Waals surface area contributed by atoms with Crippen molar-refractivity contribution in [2.75, 3.05) is 6.54 Å². The largest absolute Gasteiger partial charge is 0.386 e. The molecule has 0 bridgehead atoms. The van der Waals surface area contributed by atoms with Crippen LogP contribution in [0.5, 0.6) is 0 Å². The van der Waals surface area contributed by atoms with Gasteiger partial charge < -0.3 is 10.4 Å². The number of hydrogen-bond acceptors (Lipinski definition) is 3. The standard InChI is InChI=1S/C19H19FN2O3/c1-2-19(13-8-4-3-5-9-13)17(24)22(18(25)21-19)12-16(23)14-10-6-7-11-15(14)20/h3-11,16,23H,2,12H2,1H3,(H,21,25)/t16-,19+/m0/s1. The highest BCUT2D eigenvalue weighted by atomic mass is 19.1. The minimum atomic E-state index is -1.29. The maximum absolute atomic E-state index is 13.8. The molecule has 2 aromatic rings. The summed E-state index contributed by atoms with van der Waals surface area (Å²) in [6.45, 7) is 1.50. The highest BCUT2D eigenvalue weighted by Gasteiger charge is 2.51. The minimum Gasteiger partial charge on any atom is -0.386 e. The van der Waals surface area contributed by atoms with E-state index in [1.54, 1.807) is 30.3 Å². The van der Waals surface area contributed by atoms with Gasteiger partial charge in [-0.05, 0) is 18.1 Å². The number of β-amino-alcohol motifs (C(OH)–C–C–N with tert-alkyl or cyclic N) is 1. The molecule has 2 aromatic carbocycles. The zero-order chi connectivity index (χ0) is 18.0. The second kappa shape index (κ2) is 6.64. The van der Waals surface area contributed by atoms with E-state index in [0.29, 0.717) is 12.0 Å². The van der Waals surface area contributed by atoms with Gasteiger partial charge in [-0.25, -0.2) is 9.18 Å². The fraction of sp³-hybridized carbons (Fsp3) is 0.263. The van der Waals surface area contributed by atoms with Gasteiger partial charge in [0.1, 0.15) is 11.4 Å². The molecule has 0 saturated carbocycles. The number of carbonyl (C=O) groups is 2. The van der Waals surface area contributed by atoms with Crippen LogP contribution in [0, 0.1) is 5.82 Å². The Labute approximate surface area is 145 Å². The lowest BCUT2D eigenvalue weighted by Gasteiger charge is -2.26. The van der Waals surface area contributed by atoms with E-state index in [1.165, 1.54) is 18.2 Å². The van der Waals surface area contributed by atoms with Gasteiger partial charge in [-0.2, -0.15) is 0 Å². The average molecular weight is 342 g/mol. The van der Waals surface area contributed by atoms with Crippen LogP contribution >= 0.6 is 0 Å². The molecule has 3 amide bonds. The van der Waals surface area contributed by atoms with Gasteiger partial charge in [0.2, 0.25) is 0 Å². The van der Waals surface area contributed by atoms with Crippen molar-refractivity contribution >= 4 is 11.9 Å². The molecule has 5 nitrogen and oxygen atoms in total. The van der Waals surface area contributed by atoms with Crippen LogP contribution in [0.3, 0.4) is 0 Å². The molecule has 0 aliphatic carbocycles. The lowest BCUT2D eigenvalue weighted by atomic mass is 9.87. The first-order valence-corrected chi connectivity index (χ1v) is 8.11. The Morgan fingerprint density at radius 1 is 1.12 bits per heavy atom. The third-order valence-electron chi connectivity index (χ3n) is 4.59. The summed E-state index contributed by atoms with van der Waals surface area (Å²) in [4.78, 5) is 26.3. The predicted octanol–water partition coefficient (Wildman–Crippen LogP) is 2.72. The molecule has 25 heavy (non-hydrogen) atoms. The van der Waals surface area contributed by atoms with Gasteiger partial charge in [0, 0.05) is 5.56 Å². The molecule has 0 aromatic heterocycles. The molecular formula is C19H19FN2O3. The van der Waals surface area contributed by atoms with E-state index in [9.17, 15) is 19.1 Å². The van der Waals surface area contributed by atoms with Gasteiger partial charge >= 0.3 is 6.03 Å². The maximum atomic E-state index is 13.8. The van der Waals surface area contributed by atoms with Crippen LogP contribution in [0.1, 0.15) is 30.6 Å². The van der Waals surface area contributed by atoms with Gasteiger partial charge in [-0.15, -0.1) is 0 Å². The van der Waals surface area contributed by atoms with Crippen LogP contribution in [0.2, 0.25) is 0 Å². The summed E-state index contributed by atoms with van der Waals surface area (Å²) in [6, 6.07) is 14.1. The van der Waals surface area contributed by atoms with E-state index in [0.717, 1.165) is 4.90 Å². The third-order valence-corrected chi connectivity index (χ3v) is 4.59. The number of amides is 3. The summed E-state index contributed by atoms with van der Waals surface area (Å²) >= 11 is 0. The van der Waals surface area contributed by atoms with Crippen molar-refractivity contribution < 1.29 is 19.1 Å². The summed E-state index contributed by atoms with van der Waals surface area (Å²) < 4.78 is 13.8. The Hall–Kier alpha value is -2.73. The number of benzene rings is 2. The number of urea groups is 1. The number of nitrogens with one attached hydrogen (secondary N) is 1. The van der Waals surface area contributed by atoms with Crippen molar-refractivity contribution in [3.8, 4) is 0 Å². The first-order valence-electron chi connectivity index (χ1n) is 8.11. The number of nitrogens with zero attached hydrogens (tertiary/aromatic N) is 1. The molecule has 2 atom stereocenters. The van der Waals surface area contributed by atoms with E-state index in [4.69, 9.17) is 0 Å². The van der Waals surface area contributed by atoms with Crippen molar-refractivity contribution in [1.29, 1.82) is 0 Å². The Kier molecular flexibility index (Phi) is 4.55. The second-order valence-corrected chi connectivity index (χ2v) is 6.01. The molecule has 1 aliphatic rings. The van der Waals surface area contributed by atoms with Gasteiger partial charge in [-0.1, -0.05) is 55.5 Å². The van der Waals surface area contributed by atoms with Crippen molar-refractivity contribution in [3.63, 3.8) is 0 Å². The molecule has 0 unspecified atom stereocenters. The van der Waals surface area contributed by atoms with Crippen molar-refractivity contribution in [1.82, 2.24) is 10.2 Å². The molecule has 130 valence electrons. The number of halogens is 1. The SMILES string of the molecule is CC[C@]1(c2ccccc2)NC(=O)N(C[C@H](O)c2ccccc2F)C1=O. The van der Waals surface area contributed by atoms with E-state index < -0.39 is 29.4 Å². The molecule has 6 heteroatoms. The fourth-order valence-electron chi connectivity index (χ4n) is 3.17. The zero-order valence-electron chi connectivity index (χ0n) is 13.8. The number of carbonyl (C=O) groups excluding carboxylic acids is 2. The molecule has 2 N–H and O–H groups in total. The van der Waals surface area contributed by atoms with Crippen LogP contribution in [-0.2, 0) is 10.3 Å². The molecule has 1 saturated heterocycles. The number of aliphatic hydroxyl groups is 1. The quantitative estimate of drug-likeness (QED) is 0.821. The predicted molar refractivity (Wildman–Crippen MR) is 90.0 cm³/mol. The van der Waals surface area contributed by atoms with Gasteiger partial charge in [0.25, 0.3) is 5.91 Å². The topological polar surface area (TPSA) is 69.6 Å². The van der Waals surface area contributed by atoms with Crippen molar-refractivity contribution in [2.24, 2.45) is 0 Å². The first-order chi connectivity index (χ1) is 12.0. The Balaban J connectivity index is 1.88.